The number of urea groups is 1. The molecule has 4 N–H and O–H groups in total. The standard InChI is InChI=1S/C25H31F3N4O4/c1-15-13-32(16(2)14-33)23(34)11-17-10-20(8-9-21(17)36-22(15)12-29-3)31-24(35)30-19-6-4-18(5-7-19)25(26,27)28/h4-10,15-16,22,29,33H,11-14H2,1-3H3,(H2,30,31,35)/t15-,16-,22-/m0/s1. The molecule has 3 atom stereocenters. The Morgan fingerprint density at radius 1 is 1.17 bits per heavy atom. The fraction of sp³-hybridized carbons (Fsp3) is 0.440. The van der Waals surface area contributed by atoms with Crippen LogP contribution in [0.4, 0.5) is 29.3 Å². The molecule has 0 spiro atoms. The minimum atomic E-state index is -4.46. The second-order valence-corrected chi connectivity index (χ2v) is 8.92. The molecule has 2 aromatic carbocycles. The second-order valence-electron chi connectivity index (χ2n) is 8.92. The quantitative estimate of drug-likeness (QED) is 0.477. The summed E-state index contributed by atoms with van der Waals surface area (Å²) in [6, 6.07) is 8.02. The number of nitrogens with one attached hydrogen (secondary N) is 3. The predicted octanol–water partition coefficient (Wildman–Crippen LogP) is 3.72. The summed E-state index contributed by atoms with van der Waals surface area (Å²) in [5, 5.41) is 17.9. The number of anilines is 2. The zero-order chi connectivity index (χ0) is 26.5. The van der Waals surface area contributed by atoms with Crippen LogP contribution in [0, 0.1) is 5.92 Å². The summed E-state index contributed by atoms with van der Waals surface area (Å²) in [5.74, 6) is 0.320. The van der Waals surface area contributed by atoms with Crippen LogP contribution in [0.2, 0.25) is 0 Å². The molecule has 0 saturated heterocycles. The van der Waals surface area contributed by atoms with Gasteiger partial charge in [0, 0.05) is 35.9 Å². The molecule has 0 bridgehead atoms. The first kappa shape index (κ1) is 27.3. The predicted molar refractivity (Wildman–Crippen MR) is 130 cm³/mol. The topological polar surface area (TPSA) is 103 Å². The molecule has 0 aromatic heterocycles. The number of aliphatic hydroxyl groups excluding tert-OH is 1. The molecular weight excluding hydrogens is 477 g/mol. The molecule has 1 heterocycles. The molecule has 196 valence electrons. The summed E-state index contributed by atoms with van der Waals surface area (Å²) in [6.07, 6.45) is -4.70. The third-order valence-electron chi connectivity index (χ3n) is 6.05. The molecule has 0 aliphatic carbocycles. The van der Waals surface area contributed by atoms with Crippen LogP contribution in [0.15, 0.2) is 42.5 Å². The molecule has 0 saturated carbocycles. The Balaban J connectivity index is 1.80. The molecule has 2 aromatic rings. The van der Waals surface area contributed by atoms with E-state index in [-0.39, 0.29) is 42.7 Å². The summed E-state index contributed by atoms with van der Waals surface area (Å²) in [5.41, 5.74) is 0.330. The van der Waals surface area contributed by atoms with Crippen LogP contribution >= 0.6 is 0 Å². The monoisotopic (exact) mass is 508 g/mol. The maximum absolute atomic E-state index is 13.1. The van der Waals surface area contributed by atoms with E-state index in [4.69, 9.17) is 4.74 Å². The number of hydrogen-bond acceptors (Lipinski definition) is 5. The average Bonchev–Trinajstić information content (AvgIpc) is 2.86. The van der Waals surface area contributed by atoms with Crippen molar-refractivity contribution in [2.45, 2.75) is 38.6 Å². The number of halogens is 3. The first-order valence-corrected chi connectivity index (χ1v) is 11.6. The van der Waals surface area contributed by atoms with E-state index in [1.807, 2.05) is 14.0 Å². The maximum atomic E-state index is 13.1. The number of rotatable bonds is 6. The van der Waals surface area contributed by atoms with E-state index in [2.05, 4.69) is 16.0 Å². The van der Waals surface area contributed by atoms with E-state index in [9.17, 15) is 27.9 Å². The zero-order valence-electron chi connectivity index (χ0n) is 20.4. The minimum Gasteiger partial charge on any atom is -0.488 e. The molecule has 1 aliphatic rings. The fourth-order valence-corrected chi connectivity index (χ4v) is 3.99. The average molecular weight is 509 g/mol. The van der Waals surface area contributed by atoms with Gasteiger partial charge in [-0.1, -0.05) is 6.92 Å². The number of ether oxygens (including phenoxy) is 1. The number of carbonyl (C=O) groups is 2. The molecule has 11 heteroatoms. The Hall–Kier alpha value is -3.31. The summed E-state index contributed by atoms with van der Waals surface area (Å²) >= 11 is 0. The van der Waals surface area contributed by atoms with Gasteiger partial charge < -0.3 is 30.7 Å². The van der Waals surface area contributed by atoms with E-state index in [0.29, 0.717) is 30.1 Å². The highest BCUT2D eigenvalue weighted by molar-refractivity contribution is 6.00. The number of amides is 3. The highest BCUT2D eigenvalue weighted by Gasteiger charge is 2.31. The van der Waals surface area contributed by atoms with Gasteiger partial charge in [0.25, 0.3) is 0 Å². The first-order chi connectivity index (χ1) is 17.0. The zero-order valence-corrected chi connectivity index (χ0v) is 20.4. The molecule has 3 amide bonds. The number of benzene rings is 2. The third kappa shape index (κ3) is 6.88. The molecular formula is C25H31F3N4O4. The number of alkyl halides is 3. The normalized spacial score (nSPS) is 19.3. The lowest BCUT2D eigenvalue weighted by Gasteiger charge is -2.32. The van der Waals surface area contributed by atoms with Crippen molar-refractivity contribution in [1.29, 1.82) is 0 Å². The van der Waals surface area contributed by atoms with Gasteiger partial charge in [0.2, 0.25) is 5.91 Å². The van der Waals surface area contributed by atoms with Crippen LogP contribution in [0.3, 0.4) is 0 Å². The molecule has 0 fully saturated rings. The smallest absolute Gasteiger partial charge is 0.416 e. The number of carbonyl (C=O) groups excluding carboxylic acids is 2. The number of aliphatic hydroxyl groups is 1. The van der Waals surface area contributed by atoms with Crippen molar-refractivity contribution in [1.82, 2.24) is 10.2 Å². The van der Waals surface area contributed by atoms with Crippen molar-refractivity contribution in [2.75, 3.05) is 37.4 Å². The van der Waals surface area contributed by atoms with Gasteiger partial charge in [0.05, 0.1) is 24.6 Å². The molecule has 36 heavy (non-hydrogen) atoms. The summed E-state index contributed by atoms with van der Waals surface area (Å²) in [6.45, 7) is 4.56. The lowest BCUT2D eigenvalue weighted by atomic mass is 10.0. The number of hydrogen-bond donors (Lipinski definition) is 4. The summed E-state index contributed by atoms with van der Waals surface area (Å²) in [7, 11) is 1.81. The van der Waals surface area contributed by atoms with Crippen molar-refractivity contribution in [3.63, 3.8) is 0 Å². The van der Waals surface area contributed by atoms with E-state index in [1.54, 1.807) is 30.0 Å². The van der Waals surface area contributed by atoms with Crippen molar-refractivity contribution >= 4 is 23.3 Å². The molecule has 8 nitrogen and oxygen atoms in total. The van der Waals surface area contributed by atoms with Crippen molar-refractivity contribution < 1.29 is 32.6 Å². The van der Waals surface area contributed by atoms with Gasteiger partial charge in [-0.2, -0.15) is 13.2 Å². The Morgan fingerprint density at radius 3 is 2.42 bits per heavy atom. The van der Waals surface area contributed by atoms with Crippen LogP contribution in [0.5, 0.6) is 5.75 Å². The molecule has 3 rings (SSSR count). The summed E-state index contributed by atoms with van der Waals surface area (Å²) < 4.78 is 44.5. The Labute approximate surface area is 207 Å². The Kier molecular flexibility index (Phi) is 8.80. The van der Waals surface area contributed by atoms with E-state index >= 15 is 0 Å². The third-order valence-corrected chi connectivity index (χ3v) is 6.05. The van der Waals surface area contributed by atoms with Crippen LogP contribution in [0.25, 0.3) is 0 Å². The first-order valence-electron chi connectivity index (χ1n) is 11.6. The van der Waals surface area contributed by atoms with E-state index in [1.165, 1.54) is 12.1 Å². The molecule has 0 unspecified atom stereocenters. The van der Waals surface area contributed by atoms with Crippen LogP contribution in [0.1, 0.15) is 25.0 Å². The minimum absolute atomic E-state index is 0.00864. The van der Waals surface area contributed by atoms with Gasteiger partial charge in [-0.05, 0) is 56.4 Å². The maximum Gasteiger partial charge on any atom is 0.416 e. The molecule has 1 aliphatic heterocycles. The highest BCUT2D eigenvalue weighted by atomic mass is 19.4. The highest BCUT2D eigenvalue weighted by Crippen LogP contribution is 2.31. The number of nitrogens with zero attached hydrogens (tertiary/aromatic N) is 1. The van der Waals surface area contributed by atoms with Crippen molar-refractivity contribution in [3.8, 4) is 5.75 Å². The number of fused-ring (bicyclic) bond motifs is 1. The van der Waals surface area contributed by atoms with Crippen LogP contribution in [-0.2, 0) is 17.4 Å². The Bertz CT molecular complexity index is 1060. The van der Waals surface area contributed by atoms with Gasteiger partial charge in [-0.3, -0.25) is 4.79 Å². The van der Waals surface area contributed by atoms with Crippen LogP contribution < -0.4 is 20.7 Å². The second kappa shape index (κ2) is 11.6. The van der Waals surface area contributed by atoms with Crippen molar-refractivity contribution in [3.05, 3.63) is 53.6 Å². The lowest BCUT2D eigenvalue weighted by Crippen LogP contribution is -2.47. The van der Waals surface area contributed by atoms with Gasteiger partial charge in [0.1, 0.15) is 11.9 Å². The SMILES string of the molecule is CNC[C@@H]1Oc2ccc(NC(=O)Nc3ccc(C(F)(F)F)cc3)cc2CC(=O)N([C@@H](C)CO)C[C@@H]1C. The van der Waals surface area contributed by atoms with Crippen molar-refractivity contribution in [2.24, 2.45) is 5.92 Å². The van der Waals surface area contributed by atoms with Crippen LogP contribution in [-0.4, -0.2) is 60.8 Å². The number of likely N-dealkylation sites (N-methyl/N-ethyl adjacent to an activating group) is 1. The van der Waals surface area contributed by atoms with Gasteiger partial charge in [-0.25, -0.2) is 4.79 Å². The van der Waals surface area contributed by atoms with E-state index < -0.39 is 17.8 Å². The lowest BCUT2D eigenvalue weighted by molar-refractivity contribution is -0.137. The molecule has 0 radical (unpaired) electrons. The van der Waals surface area contributed by atoms with Gasteiger partial charge in [-0.15, -0.1) is 0 Å². The fourth-order valence-electron chi connectivity index (χ4n) is 3.99. The van der Waals surface area contributed by atoms with E-state index in [0.717, 1.165) is 12.1 Å². The summed E-state index contributed by atoms with van der Waals surface area (Å²) in [4.78, 5) is 27.2. The van der Waals surface area contributed by atoms with Gasteiger partial charge in [0.15, 0.2) is 0 Å². The largest absolute Gasteiger partial charge is 0.488 e. The Morgan fingerprint density at radius 2 is 1.81 bits per heavy atom. The van der Waals surface area contributed by atoms with Gasteiger partial charge >= 0.3 is 12.2 Å².